The number of piperidine rings is 1. The second kappa shape index (κ2) is 8.59. The summed E-state index contributed by atoms with van der Waals surface area (Å²) in [5.74, 6) is 0.344. The van der Waals surface area contributed by atoms with Gasteiger partial charge < -0.3 is 15.0 Å². The van der Waals surface area contributed by atoms with Gasteiger partial charge in [0, 0.05) is 24.4 Å². The Kier molecular flexibility index (Phi) is 6.40. The number of fused-ring (bicyclic) bond motifs is 1. The van der Waals surface area contributed by atoms with Gasteiger partial charge in [-0.2, -0.15) is 0 Å². The third-order valence-corrected chi connectivity index (χ3v) is 6.16. The molecule has 1 aromatic heterocycles. The molecule has 2 heterocycles. The van der Waals surface area contributed by atoms with Gasteiger partial charge in [-0.1, -0.05) is 6.42 Å². The number of hydrogen-bond donors (Lipinski definition) is 1. The van der Waals surface area contributed by atoms with Crippen molar-refractivity contribution < 1.29 is 14.3 Å². The molecular formula is C20H31N3O3S. The molecule has 150 valence electrons. The minimum atomic E-state index is -0.473. The minimum absolute atomic E-state index is 0.0367. The fourth-order valence-corrected chi connectivity index (χ4v) is 4.73. The van der Waals surface area contributed by atoms with Crippen molar-refractivity contribution in [2.24, 2.45) is 5.92 Å². The highest BCUT2D eigenvalue weighted by Crippen LogP contribution is 2.29. The smallest absolute Gasteiger partial charge is 0.410 e. The summed E-state index contributed by atoms with van der Waals surface area (Å²) in [6, 6.07) is 0. The number of hydrogen-bond acceptors (Lipinski definition) is 5. The van der Waals surface area contributed by atoms with Crippen molar-refractivity contribution >= 4 is 28.5 Å². The molecule has 1 aromatic rings. The monoisotopic (exact) mass is 393 g/mol. The number of ether oxygens (including phenoxy) is 1. The summed E-state index contributed by atoms with van der Waals surface area (Å²) in [6.07, 6.45) is 7.71. The number of carbonyl (C=O) groups is 2. The highest BCUT2D eigenvalue weighted by atomic mass is 32.1. The third kappa shape index (κ3) is 5.92. The van der Waals surface area contributed by atoms with E-state index in [0.717, 1.165) is 30.8 Å². The number of nitrogens with zero attached hydrogens (tertiary/aromatic N) is 2. The van der Waals surface area contributed by atoms with Crippen LogP contribution in [0.4, 0.5) is 9.93 Å². The average molecular weight is 394 g/mol. The van der Waals surface area contributed by atoms with E-state index in [0.29, 0.717) is 25.4 Å². The van der Waals surface area contributed by atoms with Gasteiger partial charge in [0.25, 0.3) is 0 Å². The van der Waals surface area contributed by atoms with Crippen LogP contribution in [-0.4, -0.2) is 40.6 Å². The van der Waals surface area contributed by atoms with Gasteiger partial charge >= 0.3 is 6.09 Å². The molecule has 1 saturated heterocycles. The lowest BCUT2D eigenvalue weighted by molar-refractivity contribution is -0.117. The molecule has 27 heavy (non-hydrogen) atoms. The first-order valence-corrected chi connectivity index (χ1v) is 10.9. The van der Waals surface area contributed by atoms with Gasteiger partial charge in [-0.15, -0.1) is 11.3 Å². The largest absolute Gasteiger partial charge is 0.444 e. The van der Waals surface area contributed by atoms with E-state index >= 15 is 0 Å². The zero-order valence-electron chi connectivity index (χ0n) is 16.7. The summed E-state index contributed by atoms with van der Waals surface area (Å²) in [4.78, 5) is 32.3. The summed E-state index contributed by atoms with van der Waals surface area (Å²) in [5, 5.41) is 3.74. The number of rotatable bonds is 3. The van der Waals surface area contributed by atoms with Crippen molar-refractivity contribution in [1.82, 2.24) is 9.88 Å². The zero-order chi connectivity index (χ0) is 19.4. The Morgan fingerprint density at radius 3 is 2.59 bits per heavy atom. The summed E-state index contributed by atoms with van der Waals surface area (Å²) in [5.41, 5.74) is 0.707. The van der Waals surface area contributed by atoms with Gasteiger partial charge in [-0.3, -0.25) is 4.79 Å². The maximum Gasteiger partial charge on any atom is 0.410 e. The Labute approximate surface area is 165 Å². The maximum atomic E-state index is 12.4. The first-order valence-electron chi connectivity index (χ1n) is 10.1. The van der Waals surface area contributed by atoms with Crippen LogP contribution in [0.3, 0.4) is 0 Å². The topological polar surface area (TPSA) is 71.5 Å². The van der Waals surface area contributed by atoms with Crippen LogP contribution in [-0.2, 0) is 22.4 Å². The number of likely N-dealkylation sites (tertiary alicyclic amines) is 1. The Morgan fingerprint density at radius 1 is 1.19 bits per heavy atom. The van der Waals surface area contributed by atoms with Crippen LogP contribution >= 0.6 is 11.3 Å². The molecule has 0 atom stereocenters. The molecule has 1 N–H and O–H groups in total. The molecule has 2 amide bonds. The van der Waals surface area contributed by atoms with E-state index in [1.807, 2.05) is 20.8 Å². The summed E-state index contributed by atoms with van der Waals surface area (Å²) < 4.78 is 5.42. The molecule has 1 fully saturated rings. The van der Waals surface area contributed by atoms with E-state index < -0.39 is 5.60 Å². The number of carbonyl (C=O) groups excluding carboxylic acids is 2. The quantitative estimate of drug-likeness (QED) is 0.773. The fraction of sp³-hybridized carbons (Fsp3) is 0.750. The summed E-state index contributed by atoms with van der Waals surface area (Å²) >= 11 is 1.64. The fourth-order valence-electron chi connectivity index (χ4n) is 3.66. The minimum Gasteiger partial charge on any atom is -0.444 e. The second-order valence-corrected chi connectivity index (χ2v) is 9.70. The van der Waals surface area contributed by atoms with Crippen LogP contribution < -0.4 is 5.32 Å². The molecule has 1 aliphatic carbocycles. The van der Waals surface area contributed by atoms with Gasteiger partial charge in [0.1, 0.15) is 5.60 Å². The molecule has 0 unspecified atom stereocenters. The van der Waals surface area contributed by atoms with Crippen LogP contribution in [0.1, 0.15) is 69.9 Å². The van der Waals surface area contributed by atoms with Crippen molar-refractivity contribution in [3.8, 4) is 0 Å². The lowest BCUT2D eigenvalue weighted by Crippen LogP contribution is -2.42. The van der Waals surface area contributed by atoms with E-state index in [9.17, 15) is 9.59 Å². The molecular weight excluding hydrogens is 362 g/mol. The highest BCUT2D eigenvalue weighted by molar-refractivity contribution is 7.15. The van der Waals surface area contributed by atoms with Crippen molar-refractivity contribution in [2.75, 3.05) is 18.4 Å². The molecule has 0 saturated carbocycles. The third-order valence-electron chi connectivity index (χ3n) is 5.08. The summed E-state index contributed by atoms with van der Waals surface area (Å²) in [6.45, 7) is 6.93. The molecule has 0 radical (unpaired) electrons. The molecule has 6 nitrogen and oxygen atoms in total. The van der Waals surface area contributed by atoms with E-state index in [2.05, 4.69) is 10.3 Å². The Balaban J connectivity index is 1.44. The molecule has 0 aromatic carbocycles. The van der Waals surface area contributed by atoms with Gasteiger partial charge in [-0.25, -0.2) is 9.78 Å². The molecule has 1 aliphatic heterocycles. The lowest BCUT2D eigenvalue weighted by Gasteiger charge is -2.33. The SMILES string of the molecule is CC(C)(C)OC(=O)N1CCC(CC(=O)Nc2nc3c(s2)CCCCC3)CC1. The number of aromatic nitrogens is 1. The average Bonchev–Trinajstić information content (AvgIpc) is 2.82. The first kappa shape index (κ1) is 20.1. The highest BCUT2D eigenvalue weighted by Gasteiger charge is 2.28. The number of anilines is 1. The van der Waals surface area contributed by atoms with Crippen molar-refractivity contribution in [3.05, 3.63) is 10.6 Å². The molecule has 7 heteroatoms. The molecule has 0 bridgehead atoms. The number of aryl methyl sites for hydroxylation is 2. The molecule has 3 rings (SSSR count). The van der Waals surface area contributed by atoms with Gasteiger partial charge in [0.05, 0.1) is 5.69 Å². The van der Waals surface area contributed by atoms with Gasteiger partial charge in [-0.05, 0) is 65.2 Å². The van der Waals surface area contributed by atoms with Crippen LogP contribution in [0.15, 0.2) is 0 Å². The van der Waals surface area contributed by atoms with E-state index in [-0.39, 0.29) is 12.0 Å². The Morgan fingerprint density at radius 2 is 1.89 bits per heavy atom. The number of thiazole rings is 1. The first-order chi connectivity index (χ1) is 12.8. The van der Waals surface area contributed by atoms with Crippen LogP contribution in [0.5, 0.6) is 0 Å². The van der Waals surface area contributed by atoms with E-state index in [1.165, 1.54) is 29.8 Å². The van der Waals surface area contributed by atoms with E-state index in [4.69, 9.17) is 4.74 Å². The predicted molar refractivity (Wildman–Crippen MR) is 107 cm³/mol. The number of amides is 2. The second-order valence-electron chi connectivity index (χ2n) is 8.61. The van der Waals surface area contributed by atoms with Crippen molar-refractivity contribution in [3.63, 3.8) is 0 Å². The summed E-state index contributed by atoms with van der Waals surface area (Å²) in [7, 11) is 0. The lowest BCUT2D eigenvalue weighted by atomic mass is 9.93. The van der Waals surface area contributed by atoms with Crippen LogP contribution in [0.25, 0.3) is 0 Å². The standard InChI is InChI=1S/C20H31N3O3S/c1-20(2,3)26-19(25)23-11-9-14(10-12-23)13-17(24)22-18-21-15-7-5-4-6-8-16(15)27-18/h14H,4-13H2,1-3H3,(H,21,22,24). The van der Waals surface area contributed by atoms with Crippen LogP contribution in [0, 0.1) is 5.92 Å². The van der Waals surface area contributed by atoms with Gasteiger partial charge in [0.15, 0.2) is 5.13 Å². The van der Waals surface area contributed by atoms with E-state index in [1.54, 1.807) is 16.2 Å². The maximum absolute atomic E-state index is 12.4. The van der Waals surface area contributed by atoms with Gasteiger partial charge in [0.2, 0.25) is 5.91 Å². The van der Waals surface area contributed by atoms with Crippen molar-refractivity contribution in [1.29, 1.82) is 0 Å². The van der Waals surface area contributed by atoms with Crippen molar-refractivity contribution in [2.45, 2.75) is 77.7 Å². The normalized spacial score (nSPS) is 18.6. The molecule has 0 spiro atoms. The van der Waals surface area contributed by atoms with Crippen LogP contribution in [0.2, 0.25) is 0 Å². The number of nitrogens with one attached hydrogen (secondary N) is 1. The molecule has 2 aliphatic rings. The zero-order valence-corrected chi connectivity index (χ0v) is 17.5. The Bertz CT molecular complexity index is 649. The predicted octanol–water partition coefficient (Wildman–Crippen LogP) is 4.39. The Hall–Kier alpha value is -1.63.